The van der Waals surface area contributed by atoms with Crippen LogP contribution in [-0.2, 0) is 20.3 Å². The first-order valence-corrected chi connectivity index (χ1v) is 6.83. The Kier molecular flexibility index (Phi) is 6.26. The van der Waals surface area contributed by atoms with Crippen LogP contribution in [0.25, 0.3) is 0 Å². The Balaban J connectivity index is 3.03. The van der Waals surface area contributed by atoms with Crippen LogP contribution < -0.4 is 0 Å². The molecule has 111 valence electrons. The van der Waals surface area contributed by atoms with Crippen LogP contribution >= 0.6 is 0 Å². The molecule has 3 nitrogen and oxygen atoms in total. The van der Waals surface area contributed by atoms with E-state index in [4.69, 9.17) is 13.9 Å². The summed E-state index contributed by atoms with van der Waals surface area (Å²) in [6.07, 6.45) is -0.416. The van der Waals surface area contributed by atoms with E-state index < -0.39 is 17.6 Å². The molecule has 0 N–H and O–H groups in total. The molecule has 0 saturated heterocycles. The molecule has 0 bridgehead atoms. The molecule has 3 radical (unpaired) electrons. The molecule has 1 aromatic carbocycles. The second kappa shape index (κ2) is 7.26. The second-order valence-corrected chi connectivity index (χ2v) is 5.23. The topological polar surface area (TPSA) is 27.7 Å². The van der Waals surface area contributed by atoms with E-state index in [9.17, 15) is 8.78 Å². The Hall–Kier alpha value is -0.823. The average Bonchev–Trinajstić information content (AvgIpc) is 2.31. The smallest absolute Gasteiger partial charge is 0.277 e. The van der Waals surface area contributed by atoms with Gasteiger partial charge in [-0.1, -0.05) is 6.07 Å². The quantitative estimate of drug-likeness (QED) is 0.572. The van der Waals surface area contributed by atoms with Gasteiger partial charge < -0.3 is 13.9 Å². The molecule has 0 aliphatic carbocycles. The zero-order valence-electron chi connectivity index (χ0n) is 12.1. The third-order valence-electron chi connectivity index (χ3n) is 2.41. The van der Waals surface area contributed by atoms with Gasteiger partial charge in [0.2, 0.25) is 0 Å². The maximum Gasteiger partial charge on any atom is 0.277 e. The van der Waals surface area contributed by atoms with Crippen molar-refractivity contribution in [2.75, 3.05) is 0 Å². The van der Waals surface area contributed by atoms with Crippen molar-refractivity contribution in [3.05, 3.63) is 35.4 Å². The summed E-state index contributed by atoms with van der Waals surface area (Å²) in [5.41, 5.74) is 0.242. The number of halogens is 2. The normalized spacial score (nSPS) is 12.4. The molecule has 0 heterocycles. The van der Waals surface area contributed by atoms with Crippen LogP contribution in [0.3, 0.4) is 0 Å². The lowest BCUT2D eigenvalue weighted by Gasteiger charge is -2.35. The number of benzene rings is 1. The summed E-state index contributed by atoms with van der Waals surface area (Å²) in [7, 11) is 2.93. The van der Waals surface area contributed by atoms with E-state index in [1.807, 2.05) is 27.7 Å². The van der Waals surface area contributed by atoms with Gasteiger partial charge in [-0.3, -0.25) is 0 Å². The highest BCUT2D eigenvalue weighted by molar-refractivity contribution is 5.98. The van der Waals surface area contributed by atoms with Gasteiger partial charge in [-0.2, -0.15) is 0 Å². The first-order valence-electron chi connectivity index (χ1n) is 6.42. The van der Waals surface area contributed by atoms with E-state index in [1.165, 1.54) is 12.1 Å². The Labute approximate surface area is 121 Å². The Morgan fingerprint density at radius 3 is 2.05 bits per heavy atom. The third kappa shape index (κ3) is 4.94. The fourth-order valence-corrected chi connectivity index (χ4v) is 1.98. The fraction of sp³-hybridized carbons (Fsp3) is 0.571. The lowest BCUT2D eigenvalue weighted by Crippen LogP contribution is -2.44. The van der Waals surface area contributed by atoms with Crippen molar-refractivity contribution >= 4 is 10.5 Å². The zero-order chi connectivity index (χ0) is 15.3. The predicted molar refractivity (Wildman–Crippen MR) is 72.1 cm³/mol. The minimum absolute atomic E-state index is 0.0149. The van der Waals surface area contributed by atoms with Gasteiger partial charge in [0.15, 0.2) is 0 Å². The van der Waals surface area contributed by atoms with E-state index in [-0.39, 0.29) is 24.2 Å². The molecule has 0 atom stereocenters. The van der Waals surface area contributed by atoms with Crippen LogP contribution in [0.4, 0.5) is 8.78 Å². The number of hydrogen-bond acceptors (Lipinski definition) is 3. The van der Waals surface area contributed by atoms with Crippen molar-refractivity contribution in [1.29, 1.82) is 0 Å². The lowest BCUT2D eigenvalue weighted by molar-refractivity contribution is -0.365. The summed E-state index contributed by atoms with van der Waals surface area (Å²) in [6, 6.07) is 3.35. The molecule has 0 saturated carbocycles. The minimum atomic E-state index is -1.47. The highest BCUT2D eigenvalue weighted by Crippen LogP contribution is 2.25. The summed E-state index contributed by atoms with van der Waals surface area (Å²) in [5.74, 6) is -2.78. The predicted octanol–water partition coefficient (Wildman–Crippen LogP) is 3.11. The standard InChI is InChI=1S/C14H19F2O3Si/c1-9(2)17-14(19-20,18-10(3)4)8-11-5-6-12(15)7-13(11)16/h5-7,9-10H,8H2,1-4H3. The SMILES string of the molecule is CC(C)OC(Cc1ccc(F)cc1F)(O[Si])OC(C)C. The van der Waals surface area contributed by atoms with Crippen molar-refractivity contribution in [2.24, 2.45) is 0 Å². The number of hydrogen-bond donors (Lipinski definition) is 0. The van der Waals surface area contributed by atoms with Gasteiger partial charge in [0.05, 0.1) is 18.6 Å². The zero-order valence-corrected chi connectivity index (χ0v) is 13.1. The number of rotatable bonds is 7. The molecule has 0 aliphatic rings. The Morgan fingerprint density at radius 1 is 1.10 bits per heavy atom. The van der Waals surface area contributed by atoms with Crippen molar-refractivity contribution in [2.45, 2.75) is 52.3 Å². The van der Waals surface area contributed by atoms with Crippen LogP contribution in [0.15, 0.2) is 18.2 Å². The van der Waals surface area contributed by atoms with Crippen molar-refractivity contribution in [3.63, 3.8) is 0 Å². The van der Waals surface area contributed by atoms with E-state index in [0.29, 0.717) is 0 Å². The van der Waals surface area contributed by atoms with E-state index in [2.05, 4.69) is 10.5 Å². The van der Waals surface area contributed by atoms with Gasteiger partial charge in [0.25, 0.3) is 16.5 Å². The molecule has 0 fully saturated rings. The van der Waals surface area contributed by atoms with Gasteiger partial charge in [-0.05, 0) is 39.3 Å². The first-order chi connectivity index (χ1) is 9.28. The molecule has 0 aliphatic heterocycles. The average molecular weight is 301 g/mol. The van der Waals surface area contributed by atoms with Gasteiger partial charge in [0.1, 0.15) is 11.6 Å². The van der Waals surface area contributed by atoms with E-state index in [0.717, 1.165) is 6.07 Å². The largest absolute Gasteiger partial charge is 0.371 e. The maximum atomic E-state index is 13.8. The third-order valence-corrected chi connectivity index (χ3v) is 2.72. The molecule has 0 amide bonds. The number of ether oxygens (including phenoxy) is 2. The highest BCUT2D eigenvalue weighted by Gasteiger charge is 2.35. The summed E-state index contributed by atoms with van der Waals surface area (Å²) >= 11 is 0. The Morgan fingerprint density at radius 2 is 1.65 bits per heavy atom. The van der Waals surface area contributed by atoms with Gasteiger partial charge in [-0.15, -0.1) is 0 Å². The van der Waals surface area contributed by atoms with Crippen molar-refractivity contribution in [3.8, 4) is 0 Å². The second-order valence-electron chi connectivity index (χ2n) is 5.03. The van der Waals surface area contributed by atoms with Crippen LogP contribution in [0.2, 0.25) is 0 Å². The molecule has 0 aromatic heterocycles. The molecular formula is C14H19F2O3Si. The Bertz CT molecular complexity index is 428. The van der Waals surface area contributed by atoms with Crippen LogP contribution in [-0.4, -0.2) is 28.7 Å². The molecule has 6 heteroatoms. The van der Waals surface area contributed by atoms with Crippen LogP contribution in [0, 0.1) is 11.6 Å². The van der Waals surface area contributed by atoms with Crippen LogP contribution in [0.5, 0.6) is 0 Å². The van der Waals surface area contributed by atoms with Gasteiger partial charge >= 0.3 is 0 Å². The molecular weight excluding hydrogens is 282 g/mol. The van der Waals surface area contributed by atoms with Crippen LogP contribution in [0.1, 0.15) is 33.3 Å². The lowest BCUT2D eigenvalue weighted by atomic mass is 10.1. The summed E-state index contributed by atoms with van der Waals surface area (Å²) in [4.78, 5) is 0. The maximum absolute atomic E-state index is 13.8. The molecule has 20 heavy (non-hydrogen) atoms. The molecule has 0 unspecified atom stereocenters. The van der Waals surface area contributed by atoms with Gasteiger partial charge in [-0.25, -0.2) is 8.78 Å². The fourth-order valence-electron chi connectivity index (χ4n) is 1.81. The highest BCUT2D eigenvalue weighted by atomic mass is 28.2. The molecule has 1 rings (SSSR count). The monoisotopic (exact) mass is 301 g/mol. The summed E-state index contributed by atoms with van der Waals surface area (Å²) < 4.78 is 43.1. The minimum Gasteiger partial charge on any atom is -0.371 e. The first kappa shape index (κ1) is 17.2. The van der Waals surface area contributed by atoms with Crippen molar-refractivity contribution < 1.29 is 22.7 Å². The summed E-state index contributed by atoms with van der Waals surface area (Å²) in [5, 5.41) is 0. The summed E-state index contributed by atoms with van der Waals surface area (Å²) in [6.45, 7) is 7.24. The van der Waals surface area contributed by atoms with E-state index >= 15 is 0 Å². The molecule has 0 spiro atoms. The van der Waals surface area contributed by atoms with E-state index in [1.54, 1.807) is 0 Å². The van der Waals surface area contributed by atoms with Crippen molar-refractivity contribution in [1.82, 2.24) is 0 Å². The van der Waals surface area contributed by atoms with Gasteiger partial charge in [0, 0.05) is 6.07 Å². The molecule has 1 aromatic rings.